The molecule has 7 nitrogen and oxygen atoms in total. The number of carbonyl (C=O) groups is 3. The third kappa shape index (κ3) is 2.37. The predicted molar refractivity (Wildman–Crippen MR) is 61.2 cm³/mol. The second kappa shape index (κ2) is 5.45. The molecule has 0 saturated carbocycles. The molecule has 2 aliphatic heterocycles. The third-order valence-electron chi connectivity index (χ3n) is 3.09. The second-order valence-corrected chi connectivity index (χ2v) is 4.35. The molecule has 7 heteroatoms. The van der Waals surface area contributed by atoms with Crippen LogP contribution >= 0.6 is 0 Å². The average molecular weight is 255 g/mol. The monoisotopic (exact) mass is 255 g/mol. The molecular formula is C11H17N3O4. The van der Waals surface area contributed by atoms with Crippen molar-refractivity contribution >= 4 is 17.8 Å². The Morgan fingerprint density at radius 1 is 1.28 bits per heavy atom. The minimum Gasteiger partial charge on any atom is -0.379 e. The number of carbonyl (C=O) groups excluding carboxylic acids is 3. The van der Waals surface area contributed by atoms with Crippen molar-refractivity contribution in [2.75, 3.05) is 26.3 Å². The zero-order valence-electron chi connectivity index (χ0n) is 10.3. The molecule has 1 N–H and O–H groups in total. The second-order valence-electron chi connectivity index (χ2n) is 4.35. The van der Waals surface area contributed by atoms with Gasteiger partial charge in [0.1, 0.15) is 5.92 Å². The van der Waals surface area contributed by atoms with Crippen molar-refractivity contribution in [1.82, 2.24) is 15.3 Å². The van der Waals surface area contributed by atoms with Crippen LogP contribution in [-0.4, -0.2) is 54.2 Å². The molecule has 1 atom stereocenters. The van der Waals surface area contributed by atoms with Gasteiger partial charge in [-0.1, -0.05) is 13.3 Å². The van der Waals surface area contributed by atoms with Crippen molar-refractivity contribution in [2.24, 2.45) is 5.92 Å². The molecule has 0 bridgehead atoms. The van der Waals surface area contributed by atoms with Crippen LogP contribution in [0.25, 0.3) is 0 Å². The number of rotatable bonds is 3. The summed E-state index contributed by atoms with van der Waals surface area (Å²) >= 11 is 0. The van der Waals surface area contributed by atoms with Gasteiger partial charge in [0.2, 0.25) is 5.91 Å². The lowest BCUT2D eigenvalue weighted by molar-refractivity contribution is -0.159. The Bertz CT molecular complexity index is 365. The quantitative estimate of drug-likeness (QED) is 0.702. The van der Waals surface area contributed by atoms with E-state index in [2.05, 4.69) is 5.32 Å². The number of nitrogens with zero attached hydrogens (tertiary/aromatic N) is 2. The van der Waals surface area contributed by atoms with E-state index in [1.54, 1.807) is 5.01 Å². The lowest BCUT2D eigenvalue weighted by atomic mass is 10.00. The Kier molecular flexibility index (Phi) is 3.93. The van der Waals surface area contributed by atoms with Crippen LogP contribution in [0.15, 0.2) is 0 Å². The number of hydrazine groups is 1. The molecule has 100 valence electrons. The van der Waals surface area contributed by atoms with Gasteiger partial charge in [-0.3, -0.25) is 14.9 Å². The third-order valence-corrected chi connectivity index (χ3v) is 3.09. The van der Waals surface area contributed by atoms with Crippen LogP contribution in [0.2, 0.25) is 0 Å². The molecule has 1 unspecified atom stereocenters. The Hall–Kier alpha value is -1.47. The van der Waals surface area contributed by atoms with E-state index in [9.17, 15) is 14.4 Å². The van der Waals surface area contributed by atoms with Gasteiger partial charge < -0.3 is 4.74 Å². The number of hydrogen-bond acceptors (Lipinski definition) is 5. The van der Waals surface area contributed by atoms with Crippen LogP contribution < -0.4 is 5.32 Å². The molecule has 4 amide bonds. The maximum absolute atomic E-state index is 12.2. The van der Waals surface area contributed by atoms with Gasteiger partial charge in [0, 0.05) is 13.1 Å². The molecule has 0 aromatic carbocycles. The fraction of sp³-hybridized carbons (Fsp3) is 0.727. The van der Waals surface area contributed by atoms with Crippen LogP contribution in [0.5, 0.6) is 0 Å². The van der Waals surface area contributed by atoms with Crippen molar-refractivity contribution in [1.29, 1.82) is 0 Å². The highest BCUT2D eigenvalue weighted by molar-refractivity contribution is 6.15. The normalized spacial score (nSPS) is 26.4. The highest BCUT2D eigenvalue weighted by atomic mass is 16.5. The van der Waals surface area contributed by atoms with E-state index in [4.69, 9.17) is 4.74 Å². The summed E-state index contributed by atoms with van der Waals surface area (Å²) in [6, 6.07) is -0.653. The topological polar surface area (TPSA) is 79.0 Å². The summed E-state index contributed by atoms with van der Waals surface area (Å²) in [6.07, 6.45) is 1.17. The Balaban J connectivity index is 2.14. The van der Waals surface area contributed by atoms with Crippen molar-refractivity contribution in [2.45, 2.75) is 19.8 Å². The zero-order valence-corrected chi connectivity index (χ0v) is 10.3. The maximum atomic E-state index is 12.2. The van der Waals surface area contributed by atoms with Crippen LogP contribution in [0, 0.1) is 5.92 Å². The summed E-state index contributed by atoms with van der Waals surface area (Å²) < 4.78 is 5.18. The summed E-state index contributed by atoms with van der Waals surface area (Å²) in [5.74, 6) is -1.67. The molecule has 2 aliphatic rings. The number of hydrogen-bond donors (Lipinski definition) is 1. The summed E-state index contributed by atoms with van der Waals surface area (Å²) in [4.78, 5) is 35.6. The summed E-state index contributed by atoms with van der Waals surface area (Å²) in [7, 11) is 0. The van der Waals surface area contributed by atoms with Crippen LogP contribution in [0.3, 0.4) is 0 Å². The van der Waals surface area contributed by atoms with Crippen molar-refractivity contribution in [3.63, 3.8) is 0 Å². The van der Waals surface area contributed by atoms with Crippen LogP contribution in [0.4, 0.5) is 4.79 Å². The number of urea groups is 1. The number of ether oxygens (including phenoxy) is 1. The van der Waals surface area contributed by atoms with E-state index in [1.807, 2.05) is 6.92 Å². The summed E-state index contributed by atoms with van der Waals surface area (Å²) in [6.45, 7) is 3.81. The van der Waals surface area contributed by atoms with Crippen LogP contribution in [0.1, 0.15) is 19.8 Å². The molecule has 2 rings (SSSR count). The van der Waals surface area contributed by atoms with Gasteiger partial charge in [-0.2, -0.15) is 5.01 Å². The zero-order chi connectivity index (χ0) is 13.1. The van der Waals surface area contributed by atoms with E-state index < -0.39 is 23.8 Å². The molecule has 0 aliphatic carbocycles. The highest BCUT2D eigenvalue weighted by Crippen LogP contribution is 2.18. The van der Waals surface area contributed by atoms with Gasteiger partial charge >= 0.3 is 6.03 Å². The maximum Gasteiger partial charge on any atom is 0.345 e. The Morgan fingerprint density at radius 2 is 1.94 bits per heavy atom. The first kappa shape index (κ1) is 13.0. The largest absolute Gasteiger partial charge is 0.379 e. The van der Waals surface area contributed by atoms with E-state index in [-0.39, 0.29) is 0 Å². The van der Waals surface area contributed by atoms with Gasteiger partial charge in [-0.05, 0) is 6.42 Å². The van der Waals surface area contributed by atoms with Crippen molar-refractivity contribution in [3.8, 4) is 0 Å². The highest BCUT2D eigenvalue weighted by Gasteiger charge is 2.42. The van der Waals surface area contributed by atoms with E-state index in [0.717, 1.165) is 11.4 Å². The fourth-order valence-corrected chi connectivity index (χ4v) is 2.17. The van der Waals surface area contributed by atoms with Crippen molar-refractivity contribution < 1.29 is 19.1 Å². The SMILES string of the molecule is CCCC1C(=O)NC(=O)N(N2CCOCC2)C1=O. The molecule has 0 radical (unpaired) electrons. The van der Waals surface area contributed by atoms with Gasteiger partial charge in [-0.25, -0.2) is 9.80 Å². The lowest BCUT2D eigenvalue weighted by Gasteiger charge is -2.39. The number of amides is 4. The molecule has 0 spiro atoms. The Labute approximate surface area is 105 Å². The molecule has 2 heterocycles. The van der Waals surface area contributed by atoms with Gasteiger partial charge in [-0.15, -0.1) is 0 Å². The molecule has 0 aromatic heterocycles. The van der Waals surface area contributed by atoms with Gasteiger partial charge in [0.05, 0.1) is 13.2 Å². The molecule has 18 heavy (non-hydrogen) atoms. The van der Waals surface area contributed by atoms with Crippen molar-refractivity contribution in [3.05, 3.63) is 0 Å². The molecule has 2 fully saturated rings. The molecule has 2 saturated heterocycles. The lowest BCUT2D eigenvalue weighted by Crippen LogP contribution is -2.64. The number of barbiturate groups is 1. The van der Waals surface area contributed by atoms with E-state index in [1.165, 1.54) is 0 Å². The Morgan fingerprint density at radius 3 is 2.56 bits per heavy atom. The molecule has 0 aromatic rings. The minimum absolute atomic E-state index is 0.424. The minimum atomic E-state index is -0.754. The van der Waals surface area contributed by atoms with Gasteiger partial charge in [0.25, 0.3) is 5.91 Å². The summed E-state index contributed by atoms with van der Waals surface area (Å²) in [5, 5.41) is 4.93. The van der Waals surface area contributed by atoms with E-state index in [0.29, 0.717) is 32.7 Å². The first-order chi connectivity index (χ1) is 8.65. The standard InChI is InChI=1S/C11H17N3O4/c1-2-3-8-9(15)12-11(17)14(10(8)16)13-4-6-18-7-5-13/h8H,2-7H2,1H3,(H,12,15,17). The number of nitrogens with one attached hydrogen (secondary N) is 1. The molecular weight excluding hydrogens is 238 g/mol. The first-order valence-electron chi connectivity index (χ1n) is 6.16. The first-order valence-corrected chi connectivity index (χ1v) is 6.16. The van der Waals surface area contributed by atoms with Gasteiger partial charge in [0.15, 0.2) is 0 Å². The number of imide groups is 2. The average Bonchev–Trinajstić information content (AvgIpc) is 2.35. The van der Waals surface area contributed by atoms with E-state index >= 15 is 0 Å². The smallest absolute Gasteiger partial charge is 0.345 e. The van der Waals surface area contributed by atoms with Crippen LogP contribution in [-0.2, 0) is 14.3 Å². The number of morpholine rings is 1. The fourth-order valence-electron chi connectivity index (χ4n) is 2.17. The predicted octanol–water partition coefficient (Wildman–Crippen LogP) is -0.272. The summed E-state index contributed by atoms with van der Waals surface area (Å²) in [5.41, 5.74) is 0.